The van der Waals surface area contributed by atoms with Crippen LogP contribution in [0.4, 0.5) is 4.39 Å². The molecule has 1 heterocycles. The van der Waals surface area contributed by atoms with E-state index in [1.807, 2.05) is 6.07 Å². The molecule has 1 amide bonds. The number of benzene rings is 1. The molecule has 2 rings (SSSR count). The zero-order chi connectivity index (χ0) is 13.8. The summed E-state index contributed by atoms with van der Waals surface area (Å²) in [5, 5.41) is 2.80. The van der Waals surface area contributed by atoms with Crippen molar-refractivity contribution in [3.63, 3.8) is 0 Å². The maximum absolute atomic E-state index is 13.0. The minimum atomic E-state index is -0.259. The van der Waals surface area contributed by atoms with Gasteiger partial charge in [0, 0.05) is 6.54 Å². The van der Waals surface area contributed by atoms with Gasteiger partial charge in [-0.2, -0.15) is 0 Å². The average molecular weight is 261 g/mol. The lowest BCUT2D eigenvalue weighted by molar-refractivity contribution is 0.0952. The van der Waals surface area contributed by atoms with Gasteiger partial charge in [-0.15, -0.1) is 0 Å². The summed E-state index contributed by atoms with van der Waals surface area (Å²) in [7, 11) is 0. The number of rotatable bonds is 4. The van der Waals surface area contributed by atoms with Gasteiger partial charge >= 0.3 is 0 Å². The molecule has 0 aliphatic carbocycles. The van der Waals surface area contributed by atoms with E-state index in [0.717, 1.165) is 5.56 Å². The molecule has 1 aromatic heterocycles. The van der Waals surface area contributed by atoms with Gasteiger partial charge in [-0.25, -0.2) is 4.39 Å². The highest BCUT2D eigenvalue weighted by Crippen LogP contribution is 2.13. The Morgan fingerprint density at radius 3 is 2.74 bits per heavy atom. The number of aryl methyl sites for hydroxylation is 2. The molecule has 0 bridgehead atoms. The second-order valence-corrected chi connectivity index (χ2v) is 4.46. The van der Waals surface area contributed by atoms with E-state index in [2.05, 4.69) is 5.32 Å². The highest BCUT2D eigenvalue weighted by molar-refractivity contribution is 5.95. The van der Waals surface area contributed by atoms with Gasteiger partial charge in [0.2, 0.25) is 0 Å². The molecule has 0 spiro atoms. The first-order valence-electron chi connectivity index (χ1n) is 6.16. The van der Waals surface area contributed by atoms with Crippen LogP contribution >= 0.6 is 0 Å². The third kappa shape index (κ3) is 3.44. The molecule has 0 atom stereocenters. The van der Waals surface area contributed by atoms with Crippen molar-refractivity contribution in [2.24, 2.45) is 0 Å². The fraction of sp³-hybridized carbons (Fsp3) is 0.267. The van der Waals surface area contributed by atoms with Crippen molar-refractivity contribution in [3.05, 3.63) is 58.8 Å². The van der Waals surface area contributed by atoms with Crippen molar-refractivity contribution in [1.29, 1.82) is 0 Å². The van der Waals surface area contributed by atoms with E-state index in [1.165, 1.54) is 12.1 Å². The Kier molecular flexibility index (Phi) is 4.00. The number of halogens is 1. The molecule has 2 aromatic rings. The molecule has 0 fully saturated rings. The van der Waals surface area contributed by atoms with Gasteiger partial charge in [-0.3, -0.25) is 4.79 Å². The highest BCUT2D eigenvalue weighted by atomic mass is 19.1. The zero-order valence-corrected chi connectivity index (χ0v) is 11.0. The lowest BCUT2D eigenvalue weighted by Crippen LogP contribution is -2.25. The second kappa shape index (κ2) is 5.69. The van der Waals surface area contributed by atoms with E-state index >= 15 is 0 Å². The van der Waals surface area contributed by atoms with Gasteiger partial charge in [0.05, 0.1) is 5.56 Å². The number of nitrogens with one attached hydrogen (secondary N) is 1. The molecule has 19 heavy (non-hydrogen) atoms. The van der Waals surface area contributed by atoms with Crippen molar-refractivity contribution in [2.75, 3.05) is 6.54 Å². The van der Waals surface area contributed by atoms with Crippen LogP contribution < -0.4 is 5.32 Å². The van der Waals surface area contributed by atoms with Crippen molar-refractivity contribution in [1.82, 2.24) is 5.32 Å². The first-order valence-corrected chi connectivity index (χ1v) is 6.16. The maximum Gasteiger partial charge on any atom is 0.254 e. The van der Waals surface area contributed by atoms with Gasteiger partial charge < -0.3 is 9.73 Å². The van der Waals surface area contributed by atoms with E-state index in [9.17, 15) is 9.18 Å². The summed E-state index contributed by atoms with van der Waals surface area (Å²) in [6.07, 6.45) is 0.597. The van der Waals surface area contributed by atoms with Crippen molar-refractivity contribution >= 4 is 5.91 Å². The van der Waals surface area contributed by atoms with Gasteiger partial charge in [0.1, 0.15) is 17.3 Å². The number of furan rings is 1. The van der Waals surface area contributed by atoms with Gasteiger partial charge in [0.15, 0.2) is 0 Å². The Labute approximate surface area is 111 Å². The maximum atomic E-state index is 13.0. The van der Waals surface area contributed by atoms with Crippen LogP contribution in [-0.4, -0.2) is 12.5 Å². The number of hydrogen-bond donors (Lipinski definition) is 1. The van der Waals surface area contributed by atoms with Crippen molar-refractivity contribution in [3.8, 4) is 0 Å². The fourth-order valence-corrected chi connectivity index (χ4v) is 1.96. The van der Waals surface area contributed by atoms with Gasteiger partial charge in [-0.05, 0) is 44.0 Å². The van der Waals surface area contributed by atoms with Crippen LogP contribution in [0.5, 0.6) is 0 Å². The molecule has 0 aliphatic rings. The molecule has 100 valence electrons. The van der Waals surface area contributed by atoms with E-state index in [1.54, 1.807) is 26.0 Å². The normalized spacial score (nSPS) is 10.5. The van der Waals surface area contributed by atoms with Crippen LogP contribution in [0, 0.1) is 19.7 Å². The Morgan fingerprint density at radius 1 is 1.32 bits per heavy atom. The lowest BCUT2D eigenvalue weighted by Gasteiger charge is -2.04. The summed E-state index contributed by atoms with van der Waals surface area (Å²) in [6.45, 7) is 4.02. The van der Waals surface area contributed by atoms with Crippen LogP contribution in [0.3, 0.4) is 0 Å². The highest BCUT2D eigenvalue weighted by Gasteiger charge is 2.12. The van der Waals surface area contributed by atoms with Crippen LogP contribution in [0.2, 0.25) is 0 Å². The van der Waals surface area contributed by atoms with Crippen LogP contribution in [0.1, 0.15) is 27.4 Å². The van der Waals surface area contributed by atoms with Crippen molar-refractivity contribution < 1.29 is 13.6 Å². The first-order chi connectivity index (χ1) is 9.06. The molecule has 4 heteroatoms. The van der Waals surface area contributed by atoms with Crippen LogP contribution in [0.15, 0.2) is 34.7 Å². The first kappa shape index (κ1) is 13.3. The number of carbonyl (C=O) groups excluding carboxylic acids is 1. The number of amides is 1. The smallest absolute Gasteiger partial charge is 0.254 e. The molecule has 3 nitrogen and oxygen atoms in total. The minimum absolute atomic E-state index is 0.161. The lowest BCUT2D eigenvalue weighted by atomic mass is 10.1. The molecular weight excluding hydrogens is 245 g/mol. The van der Waals surface area contributed by atoms with E-state index in [4.69, 9.17) is 4.42 Å². The average Bonchev–Trinajstić information content (AvgIpc) is 2.68. The molecule has 0 aliphatic heterocycles. The third-order valence-electron chi connectivity index (χ3n) is 2.87. The summed E-state index contributed by atoms with van der Waals surface area (Å²) in [5.41, 5.74) is 1.41. The summed E-state index contributed by atoms with van der Waals surface area (Å²) < 4.78 is 18.3. The van der Waals surface area contributed by atoms with Gasteiger partial charge in [0.25, 0.3) is 5.91 Å². The second-order valence-electron chi connectivity index (χ2n) is 4.46. The quantitative estimate of drug-likeness (QED) is 0.919. The molecular formula is C15H16FNO2. The molecule has 0 saturated heterocycles. The number of carbonyl (C=O) groups is 1. The molecule has 1 N–H and O–H groups in total. The Balaban J connectivity index is 1.89. The predicted molar refractivity (Wildman–Crippen MR) is 70.6 cm³/mol. The Bertz CT molecular complexity index is 590. The Morgan fingerprint density at radius 2 is 2.11 bits per heavy atom. The fourth-order valence-electron chi connectivity index (χ4n) is 1.96. The minimum Gasteiger partial charge on any atom is -0.466 e. The van der Waals surface area contributed by atoms with E-state index < -0.39 is 0 Å². The molecule has 1 aromatic carbocycles. The topological polar surface area (TPSA) is 42.2 Å². The summed E-state index contributed by atoms with van der Waals surface area (Å²) in [6, 6.07) is 8.09. The summed E-state index contributed by atoms with van der Waals surface area (Å²) in [5.74, 6) is 0.907. The largest absolute Gasteiger partial charge is 0.466 e. The predicted octanol–water partition coefficient (Wildman–Crippen LogP) is 3.01. The third-order valence-corrected chi connectivity index (χ3v) is 2.87. The SMILES string of the molecule is Cc1cc(C(=O)NCCc2cccc(F)c2)c(C)o1. The van der Waals surface area contributed by atoms with E-state index in [0.29, 0.717) is 30.0 Å². The molecule has 0 radical (unpaired) electrons. The van der Waals surface area contributed by atoms with E-state index in [-0.39, 0.29) is 11.7 Å². The van der Waals surface area contributed by atoms with Crippen LogP contribution in [0.25, 0.3) is 0 Å². The van der Waals surface area contributed by atoms with Gasteiger partial charge in [-0.1, -0.05) is 12.1 Å². The summed E-state index contributed by atoms with van der Waals surface area (Å²) in [4.78, 5) is 11.9. The number of hydrogen-bond acceptors (Lipinski definition) is 2. The standard InChI is InChI=1S/C15H16FNO2/c1-10-8-14(11(2)19-10)15(18)17-7-6-12-4-3-5-13(16)9-12/h3-5,8-9H,6-7H2,1-2H3,(H,17,18). The van der Waals surface area contributed by atoms with Crippen molar-refractivity contribution in [2.45, 2.75) is 20.3 Å². The Hall–Kier alpha value is -2.10. The molecule has 0 unspecified atom stereocenters. The summed E-state index contributed by atoms with van der Waals surface area (Å²) >= 11 is 0. The van der Waals surface area contributed by atoms with Crippen LogP contribution in [-0.2, 0) is 6.42 Å². The zero-order valence-electron chi connectivity index (χ0n) is 11.0. The molecule has 0 saturated carbocycles. The monoisotopic (exact) mass is 261 g/mol.